The van der Waals surface area contributed by atoms with Crippen molar-refractivity contribution in [3.05, 3.63) is 94.6 Å². The second-order valence-electron chi connectivity index (χ2n) is 9.55. The van der Waals surface area contributed by atoms with Crippen LogP contribution in [-0.2, 0) is 14.3 Å². The second kappa shape index (κ2) is 12.1. The molecule has 1 N–H and O–H groups in total. The molecule has 0 radical (unpaired) electrons. The number of hydrogen-bond donors (Lipinski definition) is 1. The van der Waals surface area contributed by atoms with Gasteiger partial charge in [0.15, 0.2) is 0 Å². The third kappa shape index (κ3) is 5.43. The molecule has 1 unspecified atom stereocenters. The molecule has 8 heteroatoms. The van der Waals surface area contributed by atoms with E-state index in [1.807, 2.05) is 20.8 Å². The van der Waals surface area contributed by atoms with E-state index in [4.69, 9.17) is 14.2 Å². The maximum atomic E-state index is 13.6. The zero-order valence-corrected chi connectivity index (χ0v) is 23.3. The van der Waals surface area contributed by atoms with Gasteiger partial charge < -0.3 is 19.3 Å². The molecule has 1 amide bonds. The summed E-state index contributed by atoms with van der Waals surface area (Å²) in [4.78, 5) is 40.9. The van der Waals surface area contributed by atoms with E-state index in [-0.39, 0.29) is 29.4 Å². The number of hydrogen-bond acceptors (Lipinski definition) is 7. The molecule has 40 heavy (non-hydrogen) atoms. The van der Waals surface area contributed by atoms with E-state index in [0.29, 0.717) is 34.9 Å². The van der Waals surface area contributed by atoms with Crippen molar-refractivity contribution in [2.75, 3.05) is 25.2 Å². The number of rotatable bonds is 9. The van der Waals surface area contributed by atoms with E-state index < -0.39 is 23.7 Å². The summed E-state index contributed by atoms with van der Waals surface area (Å²) in [7, 11) is 1.54. The van der Waals surface area contributed by atoms with Crippen LogP contribution in [-0.4, -0.2) is 43.1 Å². The minimum atomic E-state index is -0.961. The molecule has 3 aromatic rings. The largest absolute Gasteiger partial charge is 0.507 e. The van der Waals surface area contributed by atoms with Gasteiger partial charge in [0, 0.05) is 11.3 Å². The smallest absolute Gasteiger partial charge is 0.338 e. The normalized spacial score (nSPS) is 16.4. The first-order chi connectivity index (χ1) is 19.2. The fourth-order valence-corrected chi connectivity index (χ4v) is 4.79. The van der Waals surface area contributed by atoms with Crippen molar-refractivity contribution in [2.45, 2.75) is 39.7 Å². The predicted molar refractivity (Wildman–Crippen MR) is 152 cm³/mol. The van der Waals surface area contributed by atoms with E-state index in [1.54, 1.807) is 74.7 Å². The molecule has 208 valence electrons. The summed E-state index contributed by atoms with van der Waals surface area (Å²) in [6.45, 7) is 8.29. The lowest BCUT2D eigenvalue weighted by molar-refractivity contribution is -0.132. The van der Waals surface area contributed by atoms with Crippen LogP contribution in [0.15, 0.2) is 72.3 Å². The maximum absolute atomic E-state index is 13.6. The van der Waals surface area contributed by atoms with Crippen molar-refractivity contribution < 1.29 is 33.7 Å². The molecule has 1 aliphatic heterocycles. The Hall–Kier alpha value is -4.59. The van der Waals surface area contributed by atoms with Gasteiger partial charge in [-0.2, -0.15) is 0 Å². The van der Waals surface area contributed by atoms with E-state index in [1.165, 1.54) is 11.0 Å². The lowest BCUT2D eigenvalue weighted by Gasteiger charge is -2.26. The van der Waals surface area contributed by atoms with Gasteiger partial charge in [-0.1, -0.05) is 32.0 Å². The number of carbonyl (C=O) groups excluding carboxylic acids is 3. The summed E-state index contributed by atoms with van der Waals surface area (Å²) in [6.07, 6.45) is 0. The van der Waals surface area contributed by atoms with Crippen molar-refractivity contribution in [3.8, 4) is 11.5 Å². The van der Waals surface area contributed by atoms with E-state index in [9.17, 15) is 19.5 Å². The van der Waals surface area contributed by atoms with Crippen LogP contribution in [0.4, 0.5) is 5.69 Å². The summed E-state index contributed by atoms with van der Waals surface area (Å²) in [5.41, 5.74) is 2.34. The average molecular weight is 544 g/mol. The number of methoxy groups -OCH3 is 1. The van der Waals surface area contributed by atoms with Crippen molar-refractivity contribution in [1.29, 1.82) is 0 Å². The Morgan fingerprint density at radius 1 is 0.950 bits per heavy atom. The SMILES string of the molecule is CCOC(=O)c1cccc(N2C(=O)C(=O)/C(=C(\O)c3ccc(OCC)c(C(C)C)c3)C2c2ccc(OC)cc2)c1. The van der Waals surface area contributed by atoms with Gasteiger partial charge in [0.1, 0.15) is 17.3 Å². The predicted octanol–water partition coefficient (Wildman–Crippen LogP) is 6.02. The molecule has 3 aromatic carbocycles. The number of ketones is 1. The van der Waals surface area contributed by atoms with Crippen LogP contribution >= 0.6 is 0 Å². The fourth-order valence-electron chi connectivity index (χ4n) is 4.79. The van der Waals surface area contributed by atoms with E-state index in [2.05, 4.69) is 0 Å². The highest BCUT2D eigenvalue weighted by molar-refractivity contribution is 6.51. The lowest BCUT2D eigenvalue weighted by atomic mass is 9.93. The molecule has 1 fully saturated rings. The van der Waals surface area contributed by atoms with Crippen molar-refractivity contribution >= 4 is 29.1 Å². The number of aliphatic hydroxyl groups excluding tert-OH is 1. The van der Waals surface area contributed by atoms with Gasteiger partial charge in [-0.3, -0.25) is 14.5 Å². The number of esters is 1. The third-order valence-electron chi connectivity index (χ3n) is 6.72. The maximum Gasteiger partial charge on any atom is 0.338 e. The number of nitrogens with zero attached hydrogens (tertiary/aromatic N) is 1. The number of amides is 1. The minimum Gasteiger partial charge on any atom is -0.507 e. The van der Waals surface area contributed by atoms with Crippen LogP contribution in [0.2, 0.25) is 0 Å². The molecule has 0 spiro atoms. The molecule has 1 aliphatic rings. The Labute approximate surface area is 233 Å². The molecule has 1 atom stereocenters. The molecule has 1 heterocycles. The quantitative estimate of drug-likeness (QED) is 0.152. The molecule has 0 bridgehead atoms. The Balaban J connectivity index is 1.91. The van der Waals surface area contributed by atoms with Crippen LogP contribution in [0.3, 0.4) is 0 Å². The number of aliphatic hydroxyl groups is 1. The number of carbonyl (C=O) groups is 3. The Morgan fingerprint density at radius 3 is 2.30 bits per heavy atom. The highest BCUT2D eigenvalue weighted by Crippen LogP contribution is 2.43. The van der Waals surface area contributed by atoms with Gasteiger partial charge in [-0.05, 0) is 79.4 Å². The first kappa shape index (κ1) is 28.4. The van der Waals surface area contributed by atoms with Crippen molar-refractivity contribution in [1.82, 2.24) is 0 Å². The van der Waals surface area contributed by atoms with Crippen LogP contribution in [0.1, 0.15) is 66.7 Å². The Kier molecular flexibility index (Phi) is 8.58. The fraction of sp³-hybridized carbons (Fsp3) is 0.281. The van der Waals surface area contributed by atoms with Gasteiger partial charge >= 0.3 is 5.97 Å². The number of benzene rings is 3. The van der Waals surface area contributed by atoms with Crippen LogP contribution < -0.4 is 14.4 Å². The summed E-state index contributed by atoms with van der Waals surface area (Å²) in [5, 5.41) is 11.6. The summed E-state index contributed by atoms with van der Waals surface area (Å²) < 4.78 is 16.2. The molecular formula is C32H33NO7. The zero-order chi connectivity index (χ0) is 29.0. The number of ether oxygens (including phenoxy) is 3. The highest BCUT2D eigenvalue weighted by atomic mass is 16.5. The molecule has 8 nitrogen and oxygen atoms in total. The van der Waals surface area contributed by atoms with Crippen molar-refractivity contribution in [2.24, 2.45) is 0 Å². The molecule has 1 saturated heterocycles. The van der Waals surface area contributed by atoms with Gasteiger partial charge in [-0.25, -0.2) is 4.79 Å². The third-order valence-corrected chi connectivity index (χ3v) is 6.72. The van der Waals surface area contributed by atoms with Gasteiger partial charge in [0.05, 0.1) is 37.5 Å². The Bertz CT molecular complexity index is 1460. The van der Waals surface area contributed by atoms with Crippen LogP contribution in [0.25, 0.3) is 5.76 Å². The standard InChI is InChI=1S/C32H33NO7/c1-6-39-26-16-13-21(18-25(26)19(3)4)29(34)27-28(20-11-14-24(38-5)15-12-20)33(31(36)30(27)35)23-10-8-9-22(17-23)32(37)40-7-2/h8-19,28,34H,6-7H2,1-5H3/b29-27-. The first-order valence-electron chi connectivity index (χ1n) is 13.2. The number of Topliss-reactive ketones (excluding diaryl/α,β-unsaturated/α-hetero) is 1. The lowest BCUT2D eigenvalue weighted by Crippen LogP contribution is -2.29. The Morgan fingerprint density at radius 2 is 1.68 bits per heavy atom. The minimum absolute atomic E-state index is 0.0597. The molecule has 0 aromatic heterocycles. The van der Waals surface area contributed by atoms with Crippen molar-refractivity contribution in [3.63, 3.8) is 0 Å². The monoisotopic (exact) mass is 543 g/mol. The van der Waals surface area contributed by atoms with Gasteiger partial charge in [-0.15, -0.1) is 0 Å². The first-order valence-corrected chi connectivity index (χ1v) is 13.2. The molecule has 0 aliphatic carbocycles. The number of anilines is 1. The van der Waals surface area contributed by atoms with Crippen LogP contribution in [0.5, 0.6) is 11.5 Å². The van der Waals surface area contributed by atoms with E-state index >= 15 is 0 Å². The van der Waals surface area contributed by atoms with Gasteiger partial charge in [0.2, 0.25) is 0 Å². The average Bonchev–Trinajstić information content (AvgIpc) is 3.23. The van der Waals surface area contributed by atoms with E-state index in [0.717, 1.165) is 5.56 Å². The van der Waals surface area contributed by atoms with Crippen LogP contribution in [0, 0.1) is 0 Å². The summed E-state index contributed by atoms with van der Waals surface area (Å²) in [6, 6.07) is 17.5. The molecule has 0 saturated carbocycles. The highest BCUT2D eigenvalue weighted by Gasteiger charge is 2.47. The topological polar surface area (TPSA) is 102 Å². The van der Waals surface area contributed by atoms with Gasteiger partial charge in [0.25, 0.3) is 11.7 Å². The summed E-state index contributed by atoms with van der Waals surface area (Å²) in [5.74, 6) is -1.13. The molecular weight excluding hydrogens is 510 g/mol. The second-order valence-corrected chi connectivity index (χ2v) is 9.55. The zero-order valence-electron chi connectivity index (χ0n) is 23.3. The molecule has 4 rings (SSSR count). The summed E-state index contributed by atoms with van der Waals surface area (Å²) >= 11 is 0.